The summed E-state index contributed by atoms with van der Waals surface area (Å²) in [4.78, 5) is 28.9. The molecule has 0 atom stereocenters. The van der Waals surface area contributed by atoms with E-state index in [9.17, 15) is 9.59 Å². The van der Waals surface area contributed by atoms with E-state index in [4.69, 9.17) is 0 Å². The highest BCUT2D eigenvalue weighted by molar-refractivity contribution is 7.07. The fraction of sp³-hybridized carbons (Fsp3) is 0.222. The maximum atomic E-state index is 11.6. The third kappa shape index (κ3) is 2.19. The van der Waals surface area contributed by atoms with Gasteiger partial charge in [-0.1, -0.05) is 11.3 Å². The predicted molar refractivity (Wildman–Crippen MR) is 61.7 cm³/mol. The van der Waals surface area contributed by atoms with Gasteiger partial charge < -0.3 is 14.9 Å². The van der Waals surface area contributed by atoms with Crippen LogP contribution >= 0.6 is 11.3 Å². The Morgan fingerprint density at radius 3 is 3.06 bits per heavy atom. The van der Waals surface area contributed by atoms with Crippen molar-refractivity contribution in [1.82, 2.24) is 14.5 Å². The first-order valence-corrected chi connectivity index (χ1v) is 5.47. The quantitative estimate of drug-likeness (QED) is 0.797. The fourth-order valence-electron chi connectivity index (χ4n) is 1.20. The molecule has 0 bridgehead atoms. The highest BCUT2D eigenvalue weighted by Gasteiger charge is 2.02. The third-order valence-electron chi connectivity index (χ3n) is 2.03. The van der Waals surface area contributed by atoms with Gasteiger partial charge in [-0.25, -0.2) is 4.98 Å². The lowest BCUT2D eigenvalue weighted by molar-refractivity contribution is 0.838. The average molecular weight is 238 g/mol. The summed E-state index contributed by atoms with van der Waals surface area (Å²) in [5, 5.41) is 4.59. The van der Waals surface area contributed by atoms with Crippen LogP contribution in [0, 0.1) is 0 Å². The number of anilines is 1. The molecule has 6 nitrogen and oxygen atoms in total. The molecule has 2 aromatic rings. The van der Waals surface area contributed by atoms with Gasteiger partial charge >= 0.3 is 4.87 Å². The summed E-state index contributed by atoms with van der Waals surface area (Å²) < 4.78 is 1.44. The van der Waals surface area contributed by atoms with Crippen LogP contribution in [0.2, 0.25) is 0 Å². The maximum absolute atomic E-state index is 11.6. The molecular weight excluding hydrogens is 228 g/mol. The minimum atomic E-state index is -0.194. The number of thiazole rings is 1. The molecule has 2 aromatic heterocycles. The van der Waals surface area contributed by atoms with Crippen molar-refractivity contribution in [2.75, 3.05) is 5.32 Å². The minimum Gasteiger partial charge on any atom is -0.360 e. The highest BCUT2D eigenvalue weighted by atomic mass is 32.1. The van der Waals surface area contributed by atoms with Gasteiger partial charge in [0, 0.05) is 30.5 Å². The smallest absolute Gasteiger partial charge is 0.304 e. The molecule has 2 heterocycles. The molecule has 0 amide bonds. The van der Waals surface area contributed by atoms with Crippen molar-refractivity contribution >= 4 is 17.2 Å². The normalized spacial score (nSPS) is 10.3. The van der Waals surface area contributed by atoms with Crippen LogP contribution in [0.4, 0.5) is 5.82 Å². The first-order valence-electron chi connectivity index (χ1n) is 4.59. The van der Waals surface area contributed by atoms with Gasteiger partial charge in [0.15, 0.2) is 5.82 Å². The number of aromatic amines is 1. The van der Waals surface area contributed by atoms with Crippen LogP contribution in [0.15, 0.2) is 27.4 Å². The summed E-state index contributed by atoms with van der Waals surface area (Å²) in [5.74, 6) is 0.275. The molecule has 16 heavy (non-hydrogen) atoms. The zero-order valence-electron chi connectivity index (χ0n) is 8.56. The molecule has 0 saturated carbocycles. The number of hydrogen-bond acceptors (Lipinski definition) is 5. The Morgan fingerprint density at radius 1 is 1.56 bits per heavy atom. The van der Waals surface area contributed by atoms with Crippen LogP contribution in [0.5, 0.6) is 0 Å². The lowest BCUT2D eigenvalue weighted by Crippen LogP contribution is -2.21. The van der Waals surface area contributed by atoms with E-state index in [1.54, 1.807) is 24.8 Å². The summed E-state index contributed by atoms with van der Waals surface area (Å²) in [6.07, 6.45) is 3.13. The van der Waals surface area contributed by atoms with Crippen LogP contribution in [-0.4, -0.2) is 14.5 Å². The number of nitrogens with one attached hydrogen (secondary N) is 2. The van der Waals surface area contributed by atoms with E-state index in [1.165, 1.54) is 4.57 Å². The lowest BCUT2D eigenvalue weighted by atomic mass is 10.5. The van der Waals surface area contributed by atoms with Crippen LogP contribution in [0.1, 0.15) is 5.69 Å². The Hall–Kier alpha value is -1.89. The van der Waals surface area contributed by atoms with Gasteiger partial charge in [0.05, 0.1) is 6.54 Å². The Balaban J connectivity index is 2.13. The number of nitrogens with zero attached hydrogens (tertiary/aromatic N) is 2. The largest absolute Gasteiger partial charge is 0.360 e. The lowest BCUT2D eigenvalue weighted by Gasteiger charge is -2.03. The van der Waals surface area contributed by atoms with Crippen molar-refractivity contribution in [1.29, 1.82) is 0 Å². The second kappa shape index (κ2) is 4.31. The molecule has 2 N–H and O–H groups in total. The molecule has 0 aliphatic carbocycles. The highest BCUT2D eigenvalue weighted by Crippen LogP contribution is 1.99. The summed E-state index contributed by atoms with van der Waals surface area (Å²) in [7, 11) is 1.65. The number of rotatable bonds is 3. The number of aryl methyl sites for hydroxylation is 1. The van der Waals surface area contributed by atoms with E-state index in [1.807, 2.05) is 0 Å². The van der Waals surface area contributed by atoms with Crippen molar-refractivity contribution in [3.63, 3.8) is 0 Å². The van der Waals surface area contributed by atoms with Gasteiger partial charge in [-0.2, -0.15) is 0 Å². The van der Waals surface area contributed by atoms with Gasteiger partial charge in [-0.3, -0.25) is 9.59 Å². The second-order valence-electron chi connectivity index (χ2n) is 3.22. The van der Waals surface area contributed by atoms with E-state index in [2.05, 4.69) is 15.3 Å². The second-order valence-corrected chi connectivity index (χ2v) is 4.06. The van der Waals surface area contributed by atoms with Gasteiger partial charge in [0.2, 0.25) is 0 Å². The zero-order valence-corrected chi connectivity index (χ0v) is 9.37. The monoisotopic (exact) mass is 238 g/mol. The van der Waals surface area contributed by atoms with Crippen LogP contribution < -0.4 is 15.7 Å². The molecule has 0 aliphatic heterocycles. The van der Waals surface area contributed by atoms with Crippen molar-refractivity contribution in [3.05, 3.63) is 43.5 Å². The zero-order chi connectivity index (χ0) is 11.5. The molecule has 0 spiro atoms. The Kier molecular flexibility index (Phi) is 2.86. The molecule has 0 fully saturated rings. The molecule has 0 radical (unpaired) electrons. The predicted octanol–water partition coefficient (Wildman–Crippen LogP) is 0.142. The van der Waals surface area contributed by atoms with E-state index in [0.29, 0.717) is 6.54 Å². The molecule has 0 aromatic carbocycles. The van der Waals surface area contributed by atoms with E-state index >= 15 is 0 Å². The van der Waals surface area contributed by atoms with Crippen LogP contribution in [-0.2, 0) is 13.6 Å². The average Bonchev–Trinajstić information content (AvgIpc) is 2.67. The molecule has 0 saturated heterocycles. The Bertz CT molecular complexity index is 598. The fourth-order valence-corrected chi connectivity index (χ4v) is 1.78. The molecule has 2 rings (SSSR count). The van der Waals surface area contributed by atoms with Gasteiger partial charge in [-0.05, 0) is 0 Å². The number of H-pyrrole nitrogens is 1. The molecule has 7 heteroatoms. The standard InChI is InChI=1S/C9H10N4O2S/c1-13-3-2-10-7(8(13)14)11-4-6-5-16-9(15)12-6/h2-3,5H,4H2,1H3,(H,10,11)(H,12,15). The molecular formula is C9H10N4O2S. The maximum Gasteiger partial charge on any atom is 0.304 e. The van der Waals surface area contributed by atoms with E-state index in [0.717, 1.165) is 17.0 Å². The van der Waals surface area contributed by atoms with Gasteiger partial charge in [0.1, 0.15) is 0 Å². The number of hydrogen-bond donors (Lipinski definition) is 2. The SMILES string of the molecule is Cn1ccnc(NCc2csc(=O)[nH]2)c1=O. The van der Waals surface area contributed by atoms with Gasteiger partial charge in [0.25, 0.3) is 5.56 Å². The number of aromatic nitrogens is 3. The van der Waals surface area contributed by atoms with Crippen LogP contribution in [0.3, 0.4) is 0 Å². The minimum absolute atomic E-state index is 0.106. The summed E-state index contributed by atoms with van der Waals surface area (Å²) >= 11 is 1.09. The Morgan fingerprint density at radius 2 is 2.38 bits per heavy atom. The van der Waals surface area contributed by atoms with Gasteiger partial charge in [-0.15, -0.1) is 0 Å². The third-order valence-corrected chi connectivity index (χ3v) is 2.75. The van der Waals surface area contributed by atoms with E-state index < -0.39 is 0 Å². The molecule has 84 valence electrons. The Labute approximate surface area is 94.6 Å². The molecule has 0 unspecified atom stereocenters. The first-order chi connectivity index (χ1) is 7.66. The summed E-state index contributed by atoms with van der Waals surface area (Å²) in [6.45, 7) is 0.380. The van der Waals surface area contributed by atoms with Crippen LogP contribution in [0.25, 0.3) is 0 Å². The summed E-state index contributed by atoms with van der Waals surface area (Å²) in [5.41, 5.74) is 0.544. The van der Waals surface area contributed by atoms with Crippen molar-refractivity contribution in [3.8, 4) is 0 Å². The van der Waals surface area contributed by atoms with Crippen molar-refractivity contribution in [2.24, 2.45) is 7.05 Å². The first kappa shape index (κ1) is 10.6. The van der Waals surface area contributed by atoms with E-state index in [-0.39, 0.29) is 16.3 Å². The van der Waals surface area contributed by atoms with Crippen molar-refractivity contribution < 1.29 is 0 Å². The topological polar surface area (TPSA) is 79.8 Å². The van der Waals surface area contributed by atoms with Crippen molar-refractivity contribution in [2.45, 2.75) is 6.54 Å². The summed E-state index contributed by atoms with van der Waals surface area (Å²) in [6, 6.07) is 0. The molecule has 0 aliphatic rings.